The van der Waals surface area contributed by atoms with Crippen LogP contribution in [0.5, 0.6) is 5.75 Å². The molecular formula is C22H20N2O4S. The summed E-state index contributed by atoms with van der Waals surface area (Å²) in [6.07, 6.45) is 0.650. The summed E-state index contributed by atoms with van der Waals surface area (Å²) in [6.45, 7) is 0.577. The summed E-state index contributed by atoms with van der Waals surface area (Å²) in [7, 11) is -4.15. The van der Waals surface area contributed by atoms with Crippen LogP contribution in [-0.4, -0.2) is 20.9 Å². The predicted molar refractivity (Wildman–Crippen MR) is 110 cm³/mol. The molecular weight excluding hydrogens is 388 g/mol. The lowest BCUT2D eigenvalue weighted by Crippen LogP contribution is -2.39. The molecule has 0 aromatic heterocycles. The van der Waals surface area contributed by atoms with Crippen LogP contribution in [0.15, 0.2) is 77.7 Å². The number of benzene rings is 3. The Hall–Kier alpha value is -3.16. The average Bonchev–Trinajstić information content (AvgIpc) is 2.74. The highest BCUT2D eigenvalue weighted by molar-refractivity contribution is 7.87. The van der Waals surface area contributed by atoms with E-state index in [1.165, 1.54) is 6.07 Å². The first-order chi connectivity index (χ1) is 14.0. The first-order valence-corrected chi connectivity index (χ1v) is 10.6. The third-order valence-corrected chi connectivity index (χ3v) is 6.21. The fourth-order valence-corrected chi connectivity index (χ4v) is 4.78. The van der Waals surface area contributed by atoms with Crippen molar-refractivity contribution >= 4 is 16.0 Å². The van der Waals surface area contributed by atoms with Crippen LogP contribution in [0.4, 0.5) is 0 Å². The molecule has 0 fully saturated rings. The van der Waals surface area contributed by atoms with E-state index in [1.807, 2.05) is 36.4 Å². The lowest BCUT2D eigenvalue weighted by Gasteiger charge is -2.26. The molecule has 1 aliphatic rings. The van der Waals surface area contributed by atoms with Crippen molar-refractivity contribution in [1.82, 2.24) is 5.32 Å². The number of nitrogens with two attached hydrogens (primary N) is 1. The van der Waals surface area contributed by atoms with E-state index in [2.05, 4.69) is 5.32 Å². The van der Waals surface area contributed by atoms with Crippen LogP contribution in [-0.2, 0) is 21.3 Å². The van der Waals surface area contributed by atoms with Gasteiger partial charge in [-0.15, -0.1) is 0 Å². The molecule has 0 bridgehead atoms. The van der Waals surface area contributed by atoms with Gasteiger partial charge in [0.15, 0.2) is 0 Å². The topological polar surface area (TPSA) is 98.5 Å². The minimum Gasteiger partial charge on any atom is -0.379 e. The van der Waals surface area contributed by atoms with Crippen molar-refractivity contribution in [2.75, 3.05) is 6.54 Å². The van der Waals surface area contributed by atoms with E-state index in [0.29, 0.717) is 24.1 Å². The molecule has 1 amide bonds. The van der Waals surface area contributed by atoms with Gasteiger partial charge in [0.25, 0.3) is 0 Å². The molecule has 0 aliphatic carbocycles. The lowest BCUT2D eigenvalue weighted by molar-refractivity contribution is -0.120. The maximum Gasteiger partial charge on any atom is 0.339 e. The summed E-state index contributed by atoms with van der Waals surface area (Å²) in [6, 6.07) is 20.2. The van der Waals surface area contributed by atoms with Crippen molar-refractivity contribution in [3.8, 4) is 16.9 Å². The molecule has 1 atom stereocenters. The Kier molecular flexibility index (Phi) is 5.08. The van der Waals surface area contributed by atoms with Gasteiger partial charge in [-0.05, 0) is 29.7 Å². The zero-order chi connectivity index (χ0) is 20.4. The molecule has 3 aromatic carbocycles. The highest BCUT2D eigenvalue weighted by Crippen LogP contribution is 2.35. The molecule has 7 heteroatoms. The quantitative estimate of drug-likeness (QED) is 0.633. The lowest BCUT2D eigenvalue weighted by atomic mass is 9.93. The molecule has 3 N–H and O–H groups in total. The minimum absolute atomic E-state index is 0.0585. The normalized spacial score (nSPS) is 16.1. The second kappa shape index (κ2) is 7.69. The van der Waals surface area contributed by atoms with E-state index in [-0.39, 0.29) is 10.6 Å². The number of carbonyl (C=O) groups excluding carboxylic acids is 1. The van der Waals surface area contributed by atoms with Gasteiger partial charge in [-0.2, -0.15) is 8.42 Å². The molecule has 6 nitrogen and oxygen atoms in total. The highest BCUT2D eigenvalue weighted by atomic mass is 32.2. The fraction of sp³-hybridized carbons (Fsp3) is 0.136. The molecule has 1 unspecified atom stereocenters. The van der Waals surface area contributed by atoms with Gasteiger partial charge in [-0.1, -0.05) is 60.7 Å². The number of fused-ring (bicyclic) bond motifs is 1. The van der Waals surface area contributed by atoms with E-state index >= 15 is 0 Å². The smallest absolute Gasteiger partial charge is 0.339 e. The largest absolute Gasteiger partial charge is 0.379 e. The van der Waals surface area contributed by atoms with Crippen LogP contribution < -0.4 is 15.2 Å². The monoisotopic (exact) mass is 408 g/mol. The number of nitrogens with one attached hydrogen (secondary N) is 1. The Labute approximate surface area is 169 Å². The Balaban J connectivity index is 1.78. The van der Waals surface area contributed by atoms with Crippen molar-refractivity contribution in [3.63, 3.8) is 0 Å². The van der Waals surface area contributed by atoms with Crippen molar-refractivity contribution < 1.29 is 17.4 Å². The number of carbonyl (C=O) groups is 1. The molecule has 0 radical (unpaired) electrons. The van der Waals surface area contributed by atoms with Crippen molar-refractivity contribution in [3.05, 3.63) is 83.9 Å². The van der Waals surface area contributed by atoms with Crippen LogP contribution in [0.25, 0.3) is 11.1 Å². The van der Waals surface area contributed by atoms with Crippen LogP contribution in [0, 0.1) is 0 Å². The van der Waals surface area contributed by atoms with Crippen molar-refractivity contribution in [1.29, 1.82) is 0 Å². The predicted octanol–water partition coefficient (Wildman–Crippen LogP) is 2.79. The van der Waals surface area contributed by atoms with Gasteiger partial charge in [0.2, 0.25) is 5.91 Å². The Bertz CT molecular complexity index is 1160. The fourth-order valence-electron chi connectivity index (χ4n) is 3.61. The van der Waals surface area contributed by atoms with Crippen molar-refractivity contribution in [2.45, 2.75) is 17.4 Å². The third kappa shape index (κ3) is 3.74. The Morgan fingerprint density at radius 1 is 0.966 bits per heavy atom. The van der Waals surface area contributed by atoms with Gasteiger partial charge in [-0.25, -0.2) is 0 Å². The standard InChI is InChI=1S/C22H20N2O4S/c23-22(25)21-20-16(13-14-24-21)9-6-11-18(20)28-29(26,27)19-12-5-4-10-17(19)15-7-2-1-3-8-15/h1-12,21,24H,13-14H2,(H2,23,25). The van der Waals surface area contributed by atoms with Gasteiger partial charge in [0.05, 0.1) is 0 Å². The molecule has 0 spiro atoms. The minimum atomic E-state index is -4.15. The Morgan fingerprint density at radius 2 is 1.69 bits per heavy atom. The van der Waals surface area contributed by atoms with E-state index in [1.54, 1.807) is 30.3 Å². The van der Waals surface area contributed by atoms with E-state index in [9.17, 15) is 13.2 Å². The maximum absolute atomic E-state index is 13.2. The zero-order valence-electron chi connectivity index (χ0n) is 15.5. The first-order valence-electron chi connectivity index (χ1n) is 9.21. The van der Waals surface area contributed by atoms with Crippen LogP contribution in [0.1, 0.15) is 17.2 Å². The average molecular weight is 408 g/mol. The molecule has 29 heavy (non-hydrogen) atoms. The zero-order valence-corrected chi connectivity index (χ0v) is 16.4. The summed E-state index contributed by atoms with van der Waals surface area (Å²) in [5, 5.41) is 3.03. The summed E-state index contributed by atoms with van der Waals surface area (Å²) in [4.78, 5) is 12.0. The van der Waals surface area contributed by atoms with Gasteiger partial charge < -0.3 is 15.2 Å². The summed E-state index contributed by atoms with van der Waals surface area (Å²) < 4.78 is 32.0. The molecule has 1 aliphatic heterocycles. The Morgan fingerprint density at radius 3 is 2.45 bits per heavy atom. The van der Waals surface area contributed by atoms with Crippen molar-refractivity contribution in [2.24, 2.45) is 5.73 Å². The SMILES string of the molecule is NC(=O)C1NCCc2cccc(OS(=O)(=O)c3ccccc3-c3ccccc3)c21. The van der Waals surface area contributed by atoms with E-state index in [0.717, 1.165) is 11.1 Å². The molecule has 4 rings (SSSR count). The molecule has 3 aromatic rings. The number of rotatable bonds is 5. The van der Waals surface area contributed by atoms with Crippen LogP contribution in [0.3, 0.4) is 0 Å². The van der Waals surface area contributed by atoms with Gasteiger partial charge in [0.1, 0.15) is 16.7 Å². The molecule has 0 saturated heterocycles. The third-order valence-electron chi connectivity index (χ3n) is 4.91. The number of hydrogen-bond acceptors (Lipinski definition) is 5. The first kappa shape index (κ1) is 19.2. The molecule has 1 heterocycles. The van der Waals surface area contributed by atoms with Gasteiger partial charge >= 0.3 is 10.1 Å². The second-order valence-electron chi connectivity index (χ2n) is 6.77. The van der Waals surface area contributed by atoms with Gasteiger partial charge in [0, 0.05) is 17.7 Å². The summed E-state index contributed by atoms with van der Waals surface area (Å²) in [5.41, 5.74) is 8.15. The van der Waals surface area contributed by atoms with Crippen LogP contribution >= 0.6 is 0 Å². The molecule has 0 saturated carbocycles. The number of amides is 1. The second-order valence-corrected chi connectivity index (χ2v) is 8.28. The van der Waals surface area contributed by atoms with Crippen LogP contribution in [0.2, 0.25) is 0 Å². The highest BCUT2D eigenvalue weighted by Gasteiger charge is 2.30. The summed E-state index contributed by atoms with van der Waals surface area (Å²) in [5.74, 6) is -0.467. The number of hydrogen-bond donors (Lipinski definition) is 2. The molecule has 148 valence electrons. The maximum atomic E-state index is 13.2. The van der Waals surface area contributed by atoms with E-state index < -0.39 is 22.1 Å². The number of primary amides is 1. The summed E-state index contributed by atoms with van der Waals surface area (Å²) >= 11 is 0. The van der Waals surface area contributed by atoms with E-state index in [4.69, 9.17) is 9.92 Å². The van der Waals surface area contributed by atoms with Gasteiger partial charge in [-0.3, -0.25) is 4.79 Å².